The molecule has 5 nitrogen and oxygen atoms in total. The Hall–Kier alpha value is -2.18. The standard InChI is InChI=1S/C21H26N2O3S/c1-16-8-7-13-23(15-16)21(24)19-11-6-12-20(14-19)27(25,26)22-17(2)18-9-4-3-5-10-18/h3-6,9-12,14,16-17,22H,7-8,13,15H2,1-2H3. The molecule has 1 saturated heterocycles. The van der Waals surface area contributed by atoms with E-state index in [4.69, 9.17) is 0 Å². The van der Waals surface area contributed by atoms with Crippen molar-refractivity contribution in [2.24, 2.45) is 5.92 Å². The molecule has 1 aliphatic rings. The summed E-state index contributed by atoms with van der Waals surface area (Å²) in [5.41, 5.74) is 1.30. The maximum atomic E-state index is 12.8. The minimum Gasteiger partial charge on any atom is -0.338 e. The van der Waals surface area contributed by atoms with Crippen LogP contribution in [0.2, 0.25) is 0 Å². The van der Waals surface area contributed by atoms with Gasteiger partial charge in [0, 0.05) is 24.7 Å². The summed E-state index contributed by atoms with van der Waals surface area (Å²) in [5.74, 6) is 0.373. The van der Waals surface area contributed by atoms with E-state index in [-0.39, 0.29) is 16.8 Å². The number of rotatable bonds is 5. The van der Waals surface area contributed by atoms with Crippen LogP contribution in [-0.4, -0.2) is 32.3 Å². The summed E-state index contributed by atoms with van der Waals surface area (Å²) >= 11 is 0. The Morgan fingerprint density at radius 3 is 2.59 bits per heavy atom. The van der Waals surface area contributed by atoms with Gasteiger partial charge in [0.15, 0.2) is 0 Å². The first-order valence-corrected chi connectivity index (χ1v) is 10.8. The van der Waals surface area contributed by atoms with Crippen molar-refractivity contribution in [2.45, 2.75) is 37.6 Å². The van der Waals surface area contributed by atoms with E-state index in [1.165, 1.54) is 12.1 Å². The molecule has 1 aliphatic heterocycles. The highest BCUT2D eigenvalue weighted by Gasteiger charge is 2.24. The highest BCUT2D eigenvalue weighted by molar-refractivity contribution is 7.89. The van der Waals surface area contributed by atoms with Gasteiger partial charge < -0.3 is 4.90 Å². The van der Waals surface area contributed by atoms with Crippen molar-refractivity contribution in [3.05, 3.63) is 65.7 Å². The van der Waals surface area contributed by atoms with Crippen LogP contribution in [0.5, 0.6) is 0 Å². The van der Waals surface area contributed by atoms with Crippen LogP contribution in [0.15, 0.2) is 59.5 Å². The predicted molar refractivity (Wildman–Crippen MR) is 106 cm³/mol. The van der Waals surface area contributed by atoms with Gasteiger partial charge in [-0.15, -0.1) is 0 Å². The van der Waals surface area contributed by atoms with Gasteiger partial charge in [0.05, 0.1) is 4.90 Å². The number of carbonyl (C=O) groups is 1. The number of benzene rings is 2. The van der Waals surface area contributed by atoms with Crippen LogP contribution in [0.1, 0.15) is 48.7 Å². The van der Waals surface area contributed by atoms with E-state index < -0.39 is 10.0 Å². The van der Waals surface area contributed by atoms with Crippen molar-refractivity contribution in [3.63, 3.8) is 0 Å². The van der Waals surface area contributed by atoms with E-state index in [2.05, 4.69) is 11.6 Å². The largest absolute Gasteiger partial charge is 0.338 e. The van der Waals surface area contributed by atoms with Gasteiger partial charge in [-0.2, -0.15) is 0 Å². The summed E-state index contributed by atoms with van der Waals surface area (Å²) in [7, 11) is -3.73. The number of hydrogen-bond acceptors (Lipinski definition) is 3. The second kappa shape index (κ2) is 8.23. The van der Waals surface area contributed by atoms with Crippen LogP contribution in [0.3, 0.4) is 0 Å². The lowest BCUT2D eigenvalue weighted by Crippen LogP contribution is -2.39. The molecule has 0 radical (unpaired) electrons. The van der Waals surface area contributed by atoms with Gasteiger partial charge in [-0.1, -0.05) is 43.3 Å². The number of nitrogens with zero attached hydrogens (tertiary/aromatic N) is 1. The van der Waals surface area contributed by atoms with Crippen molar-refractivity contribution in [1.82, 2.24) is 9.62 Å². The predicted octanol–water partition coefficient (Wildman–Crippen LogP) is 3.60. The fourth-order valence-corrected chi connectivity index (χ4v) is 4.74. The van der Waals surface area contributed by atoms with Crippen molar-refractivity contribution >= 4 is 15.9 Å². The second-order valence-corrected chi connectivity index (χ2v) is 8.99. The quantitative estimate of drug-likeness (QED) is 0.854. The fraction of sp³-hybridized carbons (Fsp3) is 0.381. The fourth-order valence-electron chi connectivity index (χ4n) is 3.46. The lowest BCUT2D eigenvalue weighted by molar-refractivity contribution is 0.0683. The van der Waals surface area contributed by atoms with E-state index in [1.54, 1.807) is 19.1 Å². The summed E-state index contributed by atoms with van der Waals surface area (Å²) in [4.78, 5) is 14.7. The van der Waals surface area contributed by atoms with Crippen LogP contribution in [-0.2, 0) is 10.0 Å². The zero-order valence-corrected chi connectivity index (χ0v) is 16.6. The number of sulfonamides is 1. The van der Waals surface area contributed by atoms with Crippen molar-refractivity contribution in [1.29, 1.82) is 0 Å². The molecule has 6 heteroatoms. The molecule has 2 unspecified atom stereocenters. The Morgan fingerprint density at radius 1 is 1.15 bits per heavy atom. The lowest BCUT2D eigenvalue weighted by atomic mass is 9.99. The second-order valence-electron chi connectivity index (χ2n) is 7.28. The molecule has 1 fully saturated rings. The van der Waals surface area contributed by atoms with Crippen LogP contribution in [0, 0.1) is 5.92 Å². The third-order valence-corrected chi connectivity index (χ3v) is 6.51. The van der Waals surface area contributed by atoms with E-state index in [9.17, 15) is 13.2 Å². The van der Waals surface area contributed by atoms with Gasteiger partial charge in [-0.25, -0.2) is 13.1 Å². The molecular formula is C21H26N2O3S. The highest BCUT2D eigenvalue weighted by atomic mass is 32.2. The summed E-state index contributed by atoms with van der Waals surface area (Å²) in [6.45, 7) is 5.38. The van der Waals surface area contributed by atoms with E-state index in [0.29, 0.717) is 11.5 Å². The SMILES string of the molecule is CC1CCCN(C(=O)c2cccc(S(=O)(=O)NC(C)c3ccccc3)c2)C1. The first-order valence-electron chi connectivity index (χ1n) is 9.33. The number of likely N-dealkylation sites (tertiary alicyclic amines) is 1. The molecule has 27 heavy (non-hydrogen) atoms. The number of hydrogen-bond donors (Lipinski definition) is 1. The molecule has 0 bridgehead atoms. The molecule has 144 valence electrons. The summed E-state index contributed by atoms with van der Waals surface area (Å²) < 4.78 is 28.3. The van der Waals surface area contributed by atoms with Gasteiger partial charge in [0.2, 0.25) is 10.0 Å². The van der Waals surface area contributed by atoms with Crippen LogP contribution >= 0.6 is 0 Å². The zero-order chi connectivity index (χ0) is 19.4. The molecule has 0 aliphatic carbocycles. The zero-order valence-electron chi connectivity index (χ0n) is 15.8. The topological polar surface area (TPSA) is 66.5 Å². The van der Waals surface area contributed by atoms with Crippen molar-refractivity contribution in [2.75, 3.05) is 13.1 Å². The Bertz CT molecular complexity index is 897. The molecule has 0 saturated carbocycles. The lowest BCUT2D eigenvalue weighted by Gasteiger charge is -2.31. The normalized spacial score (nSPS) is 18.9. The van der Waals surface area contributed by atoms with Gasteiger partial charge in [0.25, 0.3) is 5.91 Å². The van der Waals surface area contributed by atoms with Gasteiger partial charge >= 0.3 is 0 Å². The third kappa shape index (κ3) is 4.76. The average Bonchev–Trinajstić information content (AvgIpc) is 2.68. The molecule has 2 atom stereocenters. The van der Waals surface area contributed by atoms with Gasteiger partial charge in [0.1, 0.15) is 0 Å². The first kappa shape index (κ1) is 19.6. The molecule has 0 spiro atoms. The maximum absolute atomic E-state index is 12.8. The van der Waals surface area contributed by atoms with Crippen molar-refractivity contribution in [3.8, 4) is 0 Å². The Kier molecular flexibility index (Phi) is 5.97. The maximum Gasteiger partial charge on any atom is 0.253 e. The molecule has 1 N–H and O–H groups in total. The number of amides is 1. The molecule has 2 aromatic carbocycles. The summed E-state index contributed by atoms with van der Waals surface area (Å²) in [6, 6.07) is 15.3. The van der Waals surface area contributed by atoms with E-state index in [0.717, 1.165) is 31.5 Å². The summed E-state index contributed by atoms with van der Waals surface area (Å²) in [5, 5.41) is 0. The van der Waals surface area contributed by atoms with Crippen LogP contribution < -0.4 is 4.72 Å². The average molecular weight is 387 g/mol. The minimum atomic E-state index is -3.73. The van der Waals surface area contributed by atoms with Crippen LogP contribution in [0.4, 0.5) is 0 Å². The first-order chi connectivity index (χ1) is 12.9. The Labute approximate surface area is 161 Å². The Balaban J connectivity index is 1.78. The van der Waals surface area contributed by atoms with E-state index >= 15 is 0 Å². The van der Waals surface area contributed by atoms with Crippen LogP contribution in [0.25, 0.3) is 0 Å². The third-order valence-electron chi connectivity index (χ3n) is 4.97. The number of nitrogens with one attached hydrogen (secondary N) is 1. The molecule has 1 heterocycles. The molecule has 0 aromatic heterocycles. The minimum absolute atomic E-state index is 0.102. The molecular weight excluding hydrogens is 360 g/mol. The van der Waals surface area contributed by atoms with Gasteiger partial charge in [-0.05, 0) is 49.4 Å². The molecule has 3 rings (SSSR count). The number of piperidine rings is 1. The van der Waals surface area contributed by atoms with E-state index in [1.807, 2.05) is 35.2 Å². The van der Waals surface area contributed by atoms with Gasteiger partial charge in [-0.3, -0.25) is 4.79 Å². The molecule has 1 amide bonds. The summed E-state index contributed by atoms with van der Waals surface area (Å²) in [6.07, 6.45) is 2.11. The monoisotopic (exact) mass is 386 g/mol. The number of carbonyl (C=O) groups excluding carboxylic acids is 1. The smallest absolute Gasteiger partial charge is 0.253 e. The highest BCUT2D eigenvalue weighted by Crippen LogP contribution is 2.21. The Morgan fingerprint density at radius 2 is 1.89 bits per heavy atom. The van der Waals surface area contributed by atoms with Crippen molar-refractivity contribution < 1.29 is 13.2 Å². The molecule has 2 aromatic rings.